The van der Waals surface area contributed by atoms with Crippen LogP contribution in [-0.4, -0.2) is 47.9 Å². The Morgan fingerprint density at radius 3 is 2.46 bits per heavy atom. The maximum absolute atomic E-state index is 13.1. The van der Waals surface area contributed by atoms with E-state index in [9.17, 15) is 4.79 Å². The number of para-hydroxylation sites is 3. The van der Waals surface area contributed by atoms with Gasteiger partial charge in [-0.05, 0) is 30.2 Å². The number of aromatic amines is 1. The number of hydrogen-bond acceptors (Lipinski definition) is 7. The van der Waals surface area contributed by atoms with Crippen molar-refractivity contribution in [2.24, 2.45) is 0 Å². The predicted molar refractivity (Wildman–Crippen MR) is 102 cm³/mol. The summed E-state index contributed by atoms with van der Waals surface area (Å²) in [6.07, 6.45) is 0.293. The molecule has 0 aliphatic heterocycles. The molecule has 1 heterocycles. The van der Waals surface area contributed by atoms with Gasteiger partial charge in [0, 0.05) is 0 Å². The van der Waals surface area contributed by atoms with Crippen LogP contribution in [0.5, 0.6) is 17.2 Å². The Bertz CT molecular complexity index is 930. The summed E-state index contributed by atoms with van der Waals surface area (Å²) in [7, 11) is 4.66. The van der Waals surface area contributed by atoms with Crippen LogP contribution >= 0.6 is 0 Å². The molecule has 2 aromatic carbocycles. The molecule has 0 unspecified atom stereocenters. The molecule has 1 atom stereocenters. The number of H-pyrrole nitrogens is 1. The largest absolute Gasteiger partial charge is 0.495 e. The standard InChI is InChI=1S/C19H21N5O4/c1-26-15-9-5-4-8-14(15)20-19(25)13(18-21-23-24-22-18)11-12-7-6-10-16(27-2)17(12)28-3/h4-10,13H,11H2,1-3H3,(H,20,25)(H,21,22,23,24)/t13-/m1/s1. The number of nitrogens with zero attached hydrogens (tertiary/aromatic N) is 3. The Hall–Kier alpha value is -3.62. The highest BCUT2D eigenvalue weighted by atomic mass is 16.5. The van der Waals surface area contributed by atoms with Gasteiger partial charge in [0.1, 0.15) is 11.7 Å². The number of nitrogens with one attached hydrogen (secondary N) is 2. The predicted octanol–water partition coefficient (Wildman–Crippen LogP) is 2.19. The number of aromatic nitrogens is 4. The number of carbonyl (C=O) groups is 1. The van der Waals surface area contributed by atoms with Gasteiger partial charge in [-0.3, -0.25) is 4.79 Å². The maximum Gasteiger partial charge on any atom is 0.235 e. The molecule has 0 saturated carbocycles. The molecule has 0 fully saturated rings. The van der Waals surface area contributed by atoms with E-state index in [1.165, 1.54) is 0 Å². The summed E-state index contributed by atoms with van der Waals surface area (Å²) in [5.41, 5.74) is 1.34. The zero-order valence-electron chi connectivity index (χ0n) is 15.8. The third-order valence-corrected chi connectivity index (χ3v) is 4.26. The molecule has 0 spiro atoms. The van der Waals surface area contributed by atoms with E-state index in [2.05, 4.69) is 25.9 Å². The fourth-order valence-electron chi connectivity index (χ4n) is 2.92. The molecule has 0 aliphatic rings. The number of carbonyl (C=O) groups excluding carboxylic acids is 1. The first-order valence-corrected chi connectivity index (χ1v) is 8.55. The summed E-state index contributed by atoms with van der Waals surface area (Å²) >= 11 is 0. The van der Waals surface area contributed by atoms with Crippen LogP contribution in [0.4, 0.5) is 5.69 Å². The smallest absolute Gasteiger partial charge is 0.235 e. The minimum atomic E-state index is -0.704. The van der Waals surface area contributed by atoms with Crippen molar-refractivity contribution in [3.8, 4) is 17.2 Å². The van der Waals surface area contributed by atoms with Crippen molar-refractivity contribution in [3.05, 3.63) is 53.9 Å². The number of amides is 1. The summed E-state index contributed by atoms with van der Waals surface area (Å²) in [5.74, 6) is 0.972. The number of ether oxygens (including phenoxy) is 3. The van der Waals surface area contributed by atoms with Crippen LogP contribution in [0.2, 0.25) is 0 Å². The molecule has 2 N–H and O–H groups in total. The quantitative estimate of drug-likeness (QED) is 0.613. The Morgan fingerprint density at radius 1 is 1.04 bits per heavy atom. The lowest BCUT2D eigenvalue weighted by Gasteiger charge is -2.18. The van der Waals surface area contributed by atoms with Gasteiger partial charge in [0.25, 0.3) is 0 Å². The van der Waals surface area contributed by atoms with Gasteiger partial charge in [0.15, 0.2) is 17.3 Å². The maximum atomic E-state index is 13.1. The molecular formula is C19H21N5O4. The first-order valence-electron chi connectivity index (χ1n) is 8.55. The zero-order chi connectivity index (χ0) is 19.9. The molecule has 0 bridgehead atoms. The lowest BCUT2D eigenvalue weighted by atomic mass is 9.96. The fourth-order valence-corrected chi connectivity index (χ4v) is 2.92. The molecule has 0 saturated heterocycles. The van der Waals surface area contributed by atoms with Gasteiger partial charge in [-0.15, -0.1) is 10.2 Å². The molecule has 3 aromatic rings. The number of methoxy groups -OCH3 is 3. The monoisotopic (exact) mass is 383 g/mol. The summed E-state index contributed by atoms with van der Waals surface area (Å²) in [4.78, 5) is 13.1. The second kappa shape index (κ2) is 8.85. The average molecular weight is 383 g/mol. The molecule has 28 heavy (non-hydrogen) atoms. The van der Waals surface area contributed by atoms with Crippen molar-refractivity contribution in [1.82, 2.24) is 20.6 Å². The molecular weight excluding hydrogens is 362 g/mol. The van der Waals surface area contributed by atoms with Crippen LogP contribution in [0.25, 0.3) is 0 Å². The highest BCUT2D eigenvalue weighted by Gasteiger charge is 2.28. The lowest BCUT2D eigenvalue weighted by molar-refractivity contribution is -0.117. The van der Waals surface area contributed by atoms with Crippen molar-refractivity contribution >= 4 is 11.6 Å². The molecule has 0 aliphatic carbocycles. The van der Waals surface area contributed by atoms with E-state index in [4.69, 9.17) is 14.2 Å². The Labute approximate surface area is 162 Å². The molecule has 0 radical (unpaired) electrons. The Morgan fingerprint density at radius 2 is 1.79 bits per heavy atom. The van der Waals surface area contributed by atoms with Gasteiger partial charge in [-0.25, -0.2) is 0 Å². The van der Waals surface area contributed by atoms with Crippen molar-refractivity contribution in [3.63, 3.8) is 0 Å². The minimum Gasteiger partial charge on any atom is -0.495 e. The minimum absolute atomic E-state index is 0.275. The van der Waals surface area contributed by atoms with Gasteiger partial charge < -0.3 is 19.5 Å². The second-order valence-electron chi connectivity index (χ2n) is 5.87. The Kier molecular flexibility index (Phi) is 6.05. The van der Waals surface area contributed by atoms with Crippen LogP contribution in [0.3, 0.4) is 0 Å². The van der Waals surface area contributed by atoms with E-state index in [-0.39, 0.29) is 11.7 Å². The summed E-state index contributed by atoms with van der Waals surface area (Å²) in [6.45, 7) is 0. The molecule has 3 rings (SSSR count). The summed E-state index contributed by atoms with van der Waals surface area (Å²) in [5, 5.41) is 16.9. The van der Waals surface area contributed by atoms with Crippen LogP contribution in [0, 0.1) is 0 Å². The van der Waals surface area contributed by atoms with Crippen LogP contribution in [0.1, 0.15) is 17.3 Å². The van der Waals surface area contributed by atoms with Gasteiger partial charge in [-0.1, -0.05) is 29.5 Å². The van der Waals surface area contributed by atoms with E-state index in [1.54, 1.807) is 39.5 Å². The van der Waals surface area contributed by atoms with Gasteiger partial charge >= 0.3 is 0 Å². The van der Waals surface area contributed by atoms with E-state index >= 15 is 0 Å². The topological polar surface area (TPSA) is 111 Å². The molecule has 1 amide bonds. The van der Waals surface area contributed by atoms with Crippen LogP contribution < -0.4 is 19.5 Å². The van der Waals surface area contributed by atoms with Crippen LogP contribution in [0.15, 0.2) is 42.5 Å². The van der Waals surface area contributed by atoms with Gasteiger partial charge in [0.05, 0.1) is 27.0 Å². The van der Waals surface area contributed by atoms with E-state index in [1.807, 2.05) is 24.3 Å². The van der Waals surface area contributed by atoms with Crippen LogP contribution in [-0.2, 0) is 11.2 Å². The zero-order valence-corrected chi connectivity index (χ0v) is 15.8. The molecule has 1 aromatic heterocycles. The average Bonchev–Trinajstić information content (AvgIpc) is 3.26. The van der Waals surface area contributed by atoms with Crippen molar-refractivity contribution in [2.75, 3.05) is 26.6 Å². The molecule has 9 heteroatoms. The van der Waals surface area contributed by atoms with Crippen molar-refractivity contribution < 1.29 is 19.0 Å². The number of benzene rings is 2. The fraction of sp³-hybridized carbons (Fsp3) is 0.263. The number of anilines is 1. The normalized spacial score (nSPS) is 11.5. The second-order valence-corrected chi connectivity index (χ2v) is 5.87. The van der Waals surface area contributed by atoms with E-state index < -0.39 is 5.92 Å². The number of tetrazole rings is 1. The van der Waals surface area contributed by atoms with E-state index in [0.29, 0.717) is 29.4 Å². The molecule has 146 valence electrons. The van der Waals surface area contributed by atoms with Crippen molar-refractivity contribution in [2.45, 2.75) is 12.3 Å². The molecule has 9 nitrogen and oxygen atoms in total. The van der Waals surface area contributed by atoms with Gasteiger partial charge in [0.2, 0.25) is 5.91 Å². The summed E-state index contributed by atoms with van der Waals surface area (Å²) < 4.78 is 16.1. The van der Waals surface area contributed by atoms with Gasteiger partial charge in [-0.2, -0.15) is 5.21 Å². The SMILES string of the molecule is COc1ccccc1NC(=O)[C@H](Cc1cccc(OC)c1OC)c1nn[nH]n1. The van der Waals surface area contributed by atoms with Crippen molar-refractivity contribution in [1.29, 1.82) is 0 Å². The summed E-state index contributed by atoms with van der Waals surface area (Å²) in [6, 6.07) is 12.7. The highest BCUT2D eigenvalue weighted by Crippen LogP contribution is 2.34. The van der Waals surface area contributed by atoms with E-state index in [0.717, 1.165) is 5.56 Å². The third kappa shape index (κ3) is 4.03. The first kappa shape index (κ1) is 19.2. The Balaban J connectivity index is 1.92. The third-order valence-electron chi connectivity index (χ3n) is 4.26. The lowest BCUT2D eigenvalue weighted by Crippen LogP contribution is -2.24. The highest BCUT2D eigenvalue weighted by molar-refractivity contribution is 5.96. The number of rotatable bonds is 8. The number of hydrogen-bond donors (Lipinski definition) is 2. The first-order chi connectivity index (χ1) is 13.7.